The van der Waals surface area contributed by atoms with Crippen LogP contribution in [-0.2, 0) is 11.3 Å². The summed E-state index contributed by atoms with van der Waals surface area (Å²) in [5.74, 6) is 1.15. The van der Waals surface area contributed by atoms with E-state index < -0.39 is 0 Å². The van der Waals surface area contributed by atoms with Crippen LogP contribution in [0.15, 0.2) is 30.5 Å². The summed E-state index contributed by atoms with van der Waals surface area (Å²) in [5, 5.41) is 16.7. The van der Waals surface area contributed by atoms with Crippen molar-refractivity contribution >= 4 is 22.5 Å². The zero-order valence-electron chi connectivity index (χ0n) is 18.9. The van der Waals surface area contributed by atoms with Crippen LogP contribution in [0.2, 0.25) is 0 Å². The van der Waals surface area contributed by atoms with Crippen LogP contribution in [0.25, 0.3) is 27.7 Å². The number of hydrogen-bond donors (Lipinski definition) is 1. The summed E-state index contributed by atoms with van der Waals surface area (Å²) < 4.78 is 14.8. The fourth-order valence-corrected chi connectivity index (χ4v) is 4.82. The highest BCUT2D eigenvalue weighted by atomic mass is 16.5. The van der Waals surface area contributed by atoms with E-state index in [1.165, 1.54) is 0 Å². The summed E-state index contributed by atoms with van der Waals surface area (Å²) in [4.78, 5) is 7.24. The molecule has 10 heteroatoms. The van der Waals surface area contributed by atoms with Crippen LogP contribution in [-0.4, -0.2) is 80.0 Å². The topological polar surface area (TPSA) is 94.6 Å². The second-order valence-electron chi connectivity index (χ2n) is 8.72. The molecule has 1 N–H and O–H groups in total. The Balaban J connectivity index is 1.27. The van der Waals surface area contributed by atoms with Crippen LogP contribution in [0, 0.1) is 0 Å². The first kappa shape index (κ1) is 20.4. The molecular weight excluding hydrogens is 420 g/mol. The van der Waals surface area contributed by atoms with Gasteiger partial charge in [-0.2, -0.15) is 4.98 Å². The lowest BCUT2D eigenvalue weighted by Crippen LogP contribution is -2.53. The van der Waals surface area contributed by atoms with Gasteiger partial charge in [0.15, 0.2) is 0 Å². The number of benzene rings is 1. The average molecular weight is 449 g/mol. The number of nitrogens with zero attached hydrogens (tertiary/aromatic N) is 7. The highest BCUT2D eigenvalue weighted by Gasteiger charge is 2.30. The molecule has 5 heterocycles. The first-order valence-electron chi connectivity index (χ1n) is 11.6. The number of anilines is 1. The first-order chi connectivity index (χ1) is 16.2. The minimum atomic E-state index is 0.351. The Labute approximate surface area is 191 Å². The Kier molecular flexibility index (Phi) is 5.11. The summed E-state index contributed by atoms with van der Waals surface area (Å²) in [6, 6.07) is 9.17. The number of piperidine rings is 1. The Morgan fingerprint density at radius 1 is 1.18 bits per heavy atom. The van der Waals surface area contributed by atoms with Gasteiger partial charge >= 0.3 is 0 Å². The fourth-order valence-electron chi connectivity index (χ4n) is 4.82. The lowest BCUT2D eigenvalue weighted by atomic mass is 10.0. The van der Waals surface area contributed by atoms with Crippen LogP contribution >= 0.6 is 0 Å². The lowest BCUT2D eigenvalue weighted by molar-refractivity contribution is -0.0705. The Morgan fingerprint density at radius 3 is 2.76 bits per heavy atom. The zero-order chi connectivity index (χ0) is 22.4. The number of hydrogen-bond acceptors (Lipinski definition) is 8. The number of rotatable bonds is 6. The van der Waals surface area contributed by atoms with Gasteiger partial charge in [0, 0.05) is 37.4 Å². The van der Waals surface area contributed by atoms with Crippen molar-refractivity contribution in [3.8, 4) is 17.0 Å². The predicted octanol–water partition coefficient (Wildman–Crippen LogP) is 2.44. The van der Waals surface area contributed by atoms with E-state index in [2.05, 4.69) is 45.7 Å². The van der Waals surface area contributed by atoms with Gasteiger partial charge in [0.2, 0.25) is 11.8 Å². The quantitative estimate of drug-likeness (QED) is 0.481. The molecule has 0 aliphatic carbocycles. The van der Waals surface area contributed by atoms with Crippen molar-refractivity contribution in [3.05, 3.63) is 30.5 Å². The van der Waals surface area contributed by atoms with Crippen molar-refractivity contribution in [3.63, 3.8) is 0 Å². The van der Waals surface area contributed by atoms with Crippen LogP contribution in [0.1, 0.15) is 19.8 Å². The third-order valence-electron chi connectivity index (χ3n) is 6.80. The summed E-state index contributed by atoms with van der Waals surface area (Å²) in [7, 11) is 1.65. The van der Waals surface area contributed by atoms with Crippen LogP contribution < -0.4 is 10.1 Å². The van der Waals surface area contributed by atoms with Crippen molar-refractivity contribution in [1.82, 2.24) is 34.5 Å². The number of fused-ring (bicyclic) bond motifs is 2. The summed E-state index contributed by atoms with van der Waals surface area (Å²) in [5.41, 5.74) is 4.80. The van der Waals surface area contributed by atoms with E-state index in [9.17, 15) is 0 Å². The summed E-state index contributed by atoms with van der Waals surface area (Å²) in [6.45, 7) is 6.72. The van der Waals surface area contributed by atoms with Gasteiger partial charge in [0.05, 0.1) is 31.9 Å². The maximum Gasteiger partial charge on any atom is 0.244 e. The molecule has 0 bridgehead atoms. The van der Waals surface area contributed by atoms with Crippen molar-refractivity contribution in [2.45, 2.75) is 38.4 Å². The third kappa shape index (κ3) is 3.59. The minimum Gasteiger partial charge on any atom is -0.479 e. The highest BCUT2D eigenvalue weighted by Crippen LogP contribution is 2.33. The average Bonchev–Trinajstić information content (AvgIpc) is 3.42. The molecule has 0 saturated carbocycles. The van der Waals surface area contributed by atoms with E-state index in [-0.39, 0.29) is 0 Å². The number of methoxy groups -OCH3 is 1. The molecule has 4 aromatic rings. The van der Waals surface area contributed by atoms with Crippen LogP contribution in [0.5, 0.6) is 5.88 Å². The van der Waals surface area contributed by atoms with Crippen molar-refractivity contribution in [2.75, 3.05) is 38.7 Å². The Hall–Kier alpha value is -3.24. The van der Waals surface area contributed by atoms with Gasteiger partial charge in [-0.3, -0.25) is 4.90 Å². The van der Waals surface area contributed by atoms with Gasteiger partial charge in [-0.1, -0.05) is 11.3 Å². The molecule has 0 unspecified atom stereocenters. The summed E-state index contributed by atoms with van der Waals surface area (Å²) >= 11 is 0. The first-order valence-corrected chi connectivity index (χ1v) is 11.6. The predicted molar refractivity (Wildman–Crippen MR) is 125 cm³/mol. The Morgan fingerprint density at radius 2 is 2.03 bits per heavy atom. The molecule has 2 fully saturated rings. The van der Waals surface area contributed by atoms with Crippen molar-refractivity contribution in [2.24, 2.45) is 0 Å². The second-order valence-corrected chi connectivity index (χ2v) is 8.72. The van der Waals surface area contributed by atoms with Gasteiger partial charge in [-0.25, -0.2) is 9.20 Å². The second kappa shape index (κ2) is 8.27. The highest BCUT2D eigenvalue weighted by molar-refractivity contribution is 5.89. The molecule has 0 atom stereocenters. The standard InChI is InChI=1S/C23H28N8O2/c1-3-30-20-12-15(4-5-19(20)26-28-30)18-8-11-31-21(18)22(32-2)25-23(27-31)24-16-6-9-29(10-7-16)17-13-33-14-17/h4-5,8,11-12,16-17H,3,6-7,9-10,13-14H2,1-2H3,(H,24,27). The van der Waals surface area contributed by atoms with Crippen molar-refractivity contribution in [1.29, 1.82) is 0 Å². The molecule has 6 rings (SSSR count). The van der Waals surface area contributed by atoms with Crippen LogP contribution in [0.3, 0.4) is 0 Å². The molecule has 0 amide bonds. The molecule has 0 radical (unpaired) electrons. The normalized spacial score (nSPS) is 18.1. The number of aryl methyl sites for hydroxylation is 1. The van der Waals surface area contributed by atoms with Gasteiger partial charge in [0.25, 0.3) is 0 Å². The molecule has 2 aliphatic heterocycles. The maximum atomic E-state index is 5.70. The lowest BCUT2D eigenvalue weighted by Gasteiger charge is -2.41. The number of aromatic nitrogens is 6. The van der Waals surface area contributed by atoms with Crippen LogP contribution in [0.4, 0.5) is 5.95 Å². The minimum absolute atomic E-state index is 0.351. The van der Waals surface area contributed by atoms with E-state index in [0.29, 0.717) is 23.9 Å². The fraction of sp³-hybridized carbons (Fsp3) is 0.478. The van der Waals surface area contributed by atoms with Gasteiger partial charge in [0.1, 0.15) is 11.0 Å². The van der Waals surface area contributed by atoms with Gasteiger partial charge in [-0.05, 0) is 43.5 Å². The summed E-state index contributed by atoms with van der Waals surface area (Å²) in [6.07, 6.45) is 4.09. The van der Waals surface area contributed by atoms with E-state index in [1.807, 2.05) is 21.5 Å². The number of nitrogens with one attached hydrogen (secondary N) is 1. The van der Waals surface area contributed by atoms with Gasteiger partial charge < -0.3 is 14.8 Å². The smallest absolute Gasteiger partial charge is 0.244 e. The molecule has 0 spiro atoms. The zero-order valence-corrected chi connectivity index (χ0v) is 18.9. The van der Waals surface area contributed by atoms with E-state index in [0.717, 1.165) is 73.4 Å². The Bertz CT molecular complexity index is 1290. The molecule has 2 saturated heterocycles. The third-order valence-corrected chi connectivity index (χ3v) is 6.80. The number of ether oxygens (including phenoxy) is 2. The van der Waals surface area contributed by atoms with Gasteiger partial charge in [-0.15, -0.1) is 10.2 Å². The van der Waals surface area contributed by atoms with E-state index >= 15 is 0 Å². The largest absolute Gasteiger partial charge is 0.479 e. The molecule has 172 valence electrons. The monoisotopic (exact) mass is 448 g/mol. The molecule has 1 aromatic carbocycles. The maximum absolute atomic E-state index is 5.70. The molecule has 33 heavy (non-hydrogen) atoms. The van der Waals surface area contributed by atoms with E-state index in [1.54, 1.807) is 7.11 Å². The molecule has 10 nitrogen and oxygen atoms in total. The molecular formula is C23H28N8O2. The number of likely N-dealkylation sites (tertiary alicyclic amines) is 1. The molecule has 3 aromatic heterocycles. The molecule has 2 aliphatic rings. The SMILES string of the molecule is CCn1nnc2ccc(-c3ccn4nc(NC5CCN(C6COC6)CC5)nc(OC)c34)cc21. The van der Waals surface area contributed by atoms with Crippen molar-refractivity contribution < 1.29 is 9.47 Å². The van der Waals surface area contributed by atoms with E-state index in [4.69, 9.17) is 19.6 Å².